The fourth-order valence-electron chi connectivity index (χ4n) is 2.94. The van der Waals surface area contributed by atoms with Gasteiger partial charge in [-0.15, -0.1) is 0 Å². The summed E-state index contributed by atoms with van der Waals surface area (Å²) in [6.07, 6.45) is 0. The van der Waals surface area contributed by atoms with E-state index in [1.54, 1.807) is 6.07 Å². The number of phenolic OH excluding ortho intramolecular Hbond substituents is 1. The maximum atomic E-state index is 9.08. The van der Waals surface area contributed by atoms with Crippen molar-refractivity contribution in [3.63, 3.8) is 0 Å². The van der Waals surface area contributed by atoms with Crippen molar-refractivity contribution in [2.24, 2.45) is 0 Å². The van der Waals surface area contributed by atoms with E-state index in [0.717, 1.165) is 5.56 Å². The van der Waals surface area contributed by atoms with Crippen LogP contribution in [-0.2, 0) is 5.33 Å². The van der Waals surface area contributed by atoms with Gasteiger partial charge in [0.05, 0.1) is 7.92 Å². The molecule has 0 heterocycles. The molecule has 0 bridgehead atoms. The Labute approximate surface area is 176 Å². The minimum absolute atomic E-state index is 0.356. The van der Waals surface area contributed by atoms with Gasteiger partial charge in [-0.05, 0) is 42.5 Å². The number of hydrogen-bond donors (Lipinski definition) is 1. The lowest BCUT2D eigenvalue weighted by molar-refractivity contribution is 0.471. The third kappa shape index (κ3) is 5.55. The second-order valence-electron chi connectivity index (χ2n) is 6.24. The van der Waals surface area contributed by atoms with Crippen molar-refractivity contribution in [1.82, 2.24) is 0 Å². The highest BCUT2D eigenvalue weighted by Crippen LogP contribution is 2.32. The first-order valence-corrected chi connectivity index (χ1v) is 11.8. The topological polar surface area (TPSA) is 20.2 Å². The lowest BCUT2D eigenvalue weighted by atomic mass is 10.2. The zero-order chi connectivity index (χ0) is 19.6. The van der Waals surface area contributed by atoms with Gasteiger partial charge < -0.3 is 5.11 Å². The maximum Gasteiger partial charge on any atom is 0.119 e. The zero-order valence-electron chi connectivity index (χ0n) is 15.5. The number of alkyl halides is 1. The van der Waals surface area contributed by atoms with E-state index in [4.69, 9.17) is 5.11 Å². The summed E-state index contributed by atoms with van der Waals surface area (Å²) in [6.45, 7) is 0. The van der Waals surface area contributed by atoms with E-state index in [-0.39, 0.29) is 0 Å². The molecule has 0 radical (unpaired) electrons. The summed E-state index contributed by atoms with van der Waals surface area (Å²) >= 11 is 3.25. The van der Waals surface area contributed by atoms with Gasteiger partial charge in [-0.3, -0.25) is 0 Å². The third-order valence-electron chi connectivity index (χ3n) is 4.32. The van der Waals surface area contributed by atoms with Gasteiger partial charge in [-0.1, -0.05) is 88.7 Å². The van der Waals surface area contributed by atoms with Crippen LogP contribution >= 0.6 is 23.9 Å². The second-order valence-corrected chi connectivity index (χ2v) is 9.28. The van der Waals surface area contributed by atoms with Crippen LogP contribution in [0.2, 0.25) is 0 Å². The van der Waals surface area contributed by atoms with Gasteiger partial charge in [0.1, 0.15) is 21.7 Å². The molecule has 1 nitrogen and oxygen atoms in total. The molecule has 0 atom stereocenters. The molecule has 0 aromatic heterocycles. The molecule has 0 aliphatic heterocycles. The fraction of sp³-hybridized carbons (Fsp3) is 0.0400. The Hall–Kier alpha value is -2.41. The van der Waals surface area contributed by atoms with Crippen molar-refractivity contribution in [3.8, 4) is 5.75 Å². The van der Waals surface area contributed by atoms with Gasteiger partial charge in [0.25, 0.3) is 0 Å². The molecule has 0 saturated heterocycles. The number of halogens is 1. The SMILES string of the molecule is Oc1ccccc1CBr.c1ccc([PH+](c2ccccc2)c2ccccc2)cc1. The van der Waals surface area contributed by atoms with E-state index < -0.39 is 7.92 Å². The average molecular weight is 450 g/mol. The molecule has 3 heteroatoms. The zero-order valence-corrected chi connectivity index (χ0v) is 18.1. The Morgan fingerprint density at radius 3 is 1.21 bits per heavy atom. The first kappa shape index (κ1) is 20.3. The summed E-state index contributed by atoms with van der Waals surface area (Å²) in [5.74, 6) is 0.356. The van der Waals surface area contributed by atoms with Crippen molar-refractivity contribution in [1.29, 1.82) is 0 Å². The van der Waals surface area contributed by atoms with Crippen LogP contribution < -0.4 is 15.9 Å². The molecule has 0 amide bonds. The molecule has 28 heavy (non-hydrogen) atoms. The van der Waals surface area contributed by atoms with E-state index in [9.17, 15) is 0 Å². The van der Waals surface area contributed by atoms with Crippen LogP contribution in [0, 0.1) is 0 Å². The van der Waals surface area contributed by atoms with E-state index in [1.807, 2.05) is 18.2 Å². The highest BCUT2D eigenvalue weighted by atomic mass is 79.9. The normalized spacial score (nSPS) is 10.2. The van der Waals surface area contributed by atoms with Gasteiger partial charge in [0.2, 0.25) is 0 Å². The Balaban J connectivity index is 0.000000211. The fourth-order valence-corrected chi connectivity index (χ4v) is 5.99. The van der Waals surface area contributed by atoms with Crippen molar-refractivity contribution in [3.05, 3.63) is 121 Å². The first-order chi connectivity index (χ1) is 13.8. The maximum absolute atomic E-state index is 9.08. The highest BCUT2D eigenvalue weighted by Gasteiger charge is 2.24. The number of phenols is 1. The van der Waals surface area contributed by atoms with Gasteiger partial charge in [-0.2, -0.15) is 0 Å². The predicted octanol–water partition coefficient (Wildman–Crippen LogP) is 5.46. The smallest absolute Gasteiger partial charge is 0.119 e. The van der Waals surface area contributed by atoms with Gasteiger partial charge in [0, 0.05) is 10.9 Å². The summed E-state index contributed by atoms with van der Waals surface area (Å²) in [5, 5.41) is 14.1. The first-order valence-electron chi connectivity index (χ1n) is 9.15. The average Bonchev–Trinajstić information content (AvgIpc) is 2.77. The van der Waals surface area contributed by atoms with Crippen LogP contribution in [0.3, 0.4) is 0 Å². The van der Waals surface area contributed by atoms with E-state index in [2.05, 4.69) is 107 Å². The molecule has 4 aromatic rings. The van der Waals surface area contributed by atoms with E-state index in [1.165, 1.54) is 15.9 Å². The van der Waals surface area contributed by atoms with Crippen LogP contribution in [-0.4, -0.2) is 5.11 Å². The van der Waals surface area contributed by atoms with Crippen molar-refractivity contribution >= 4 is 39.8 Å². The van der Waals surface area contributed by atoms with Crippen molar-refractivity contribution in [2.45, 2.75) is 5.33 Å². The van der Waals surface area contributed by atoms with Gasteiger partial charge in [-0.25, -0.2) is 0 Å². The summed E-state index contributed by atoms with van der Waals surface area (Å²) in [5.41, 5.74) is 0.928. The van der Waals surface area contributed by atoms with Gasteiger partial charge in [0.15, 0.2) is 0 Å². The third-order valence-corrected chi connectivity index (χ3v) is 7.66. The molecule has 4 rings (SSSR count). The molecule has 140 valence electrons. The minimum atomic E-state index is -0.877. The predicted molar refractivity (Wildman–Crippen MR) is 127 cm³/mol. The molecule has 0 aliphatic carbocycles. The standard InChI is InChI=1S/C18H15P.C7H7BrO/c1-4-10-16(11-5-1)19(17-12-6-2-7-13-17)18-14-8-3-9-15-18;8-5-6-3-1-2-4-7(6)9/h1-15H;1-4,9H,5H2/p+1. The Kier molecular flexibility index (Phi) is 7.84. The highest BCUT2D eigenvalue weighted by molar-refractivity contribution is 9.08. The Bertz CT molecular complexity index is 865. The van der Waals surface area contributed by atoms with Crippen LogP contribution in [0.5, 0.6) is 5.75 Å². The van der Waals surface area contributed by atoms with Gasteiger partial charge >= 0.3 is 0 Å². The molecule has 0 spiro atoms. The van der Waals surface area contributed by atoms with Crippen molar-refractivity contribution < 1.29 is 5.11 Å². The largest absolute Gasteiger partial charge is 0.508 e. The summed E-state index contributed by atoms with van der Waals surface area (Å²) in [4.78, 5) is 0. The summed E-state index contributed by atoms with van der Waals surface area (Å²) in [6, 6.07) is 39.8. The molecule has 0 unspecified atom stereocenters. The molecular formula is C25H23BrOP+. The Morgan fingerprint density at radius 1 is 0.536 bits per heavy atom. The molecule has 4 aromatic carbocycles. The van der Waals surface area contributed by atoms with Crippen molar-refractivity contribution in [2.75, 3.05) is 0 Å². The molecular weight excluding hydrogens is 427 g/mol. The summed E-state index contributed by atoms with van der Waals surface area (Å²) < 4.78 is 0. The Morgan fingerprint density at radius 2 is 0.893 bits per heavy atom. The number of aromatic hydroxyl groups is 1. The number of hydrogen-bond acceptors (Lipinski definition) is 1. The van der Waals surface area contributed by atoms with Crippen LogP contribution in [0.4, 0.5) is 0 Å². The monoisotopic (exact) mass is 449 g/mol. The van der Waals surface area contributed by atoms with Crippen LogP contribution in [0.25, 0.3) is 0 Å². The number of para-hydroxylation sites is 1. The van der Waals surface area contributed by atoms with E-state index in [0.29, 0.717) is 11.1 Å². The molecule has 0 fully saturated rings. The lowest BCUT2D eigenvalue weighted by Gasteiger charge is -2.10. The molecule has 0 saturated carbocycles. The van der Waals surface area contributed by atoms with Crippen LogP contribution in [0.1, 0.15) is 5.56 Å². The minimum Gasteiger partial charge on any atom is -0.508 e. The van der Waals surface area contributed by atoms with E-state index >= 15 is 0 Å². The molecule has 0 aliphatic rings. The summed E-state index contributed by atoms with van der Waals surface area (Å²) in [7, 11) is -0.877. The second kappa shape index (κ2) is 10.8. The van der Waals surface area contributed by atoms with Crippen LogP contribution in [0.15, 0.2) is 115 Å². The number of rotatable bonds is 4. The number of benzene rings is 4. The molecule has 1 N–H and O–H groups in total. The quantitative estimate of drug-likeness (QED) is 0.323. The lowest BCUT2D eigenvalue weighted by Crippen LogP contribution is -2.20.